The van der Waals surface area contributed by atoms with Crippen molar-refractivity contribution < 1.29 is 0 Å². The molecular weight excluding hydrogens is 348 g/mol. The largest absolute Gasteiger partial charge is 0.235 e. The van der Waals surface area contributed by atoms with Crippen LogP contribution in [0.5, 0.6) is 0 Å². The van der Waals surface area contributed by atoms with Crippen LogP contribution in [0, 0.1) is 11.3 Å². The van der Waals surface area contributed by atoms with Crippen molar-refractivity contribution in [2.75, 3.05) is 0 Å². The van der Waals surface area contributed by atoms with E-state index in [-0.39, 0.29) is 0 Å². The van der Waals surface area contributed by atoms with E-state index in [1.807, 2.05) is 72.1 Å². The van der Waals surface area contributed by atoms with Crippen molar-refractivity contribution in [3.05, 3.63) is 101 Å². The Bertz CT molecular complexity index is 1100. The van der Waals surface area contributed by atoms with Crippen molar-refractivity contribution in [1.29, 1.82) is 5.26 Å². The van der Waals surface area contributed by atoms with Gasteiger partial charge in [0.25, 0.3) is 0 Å². The number of benzene rings is 3. The van der Waals surface area contributed by atoms with E-state index in [1.54, 1.807) is 0 Å². The van der Waals surface area contributed by atoms with Crippen LogP contribution in [0.4, 0.5) is 0 Å². The molecule has 0 bridgehead atoms. The van der Waals surface area contributed by atoms with E-state index in [2.05, 4.69) is 35.3 Å². The first kappa shape index (κ1) is 17.0. The van der Waals surface area contributed by atoms with Gasteiger partial charge in [-0.15, -0.1) is 11.3 Å². The fourth-order valence-electron chi connectivity index (χ4n) is 2.85. The van der Waals surface area contributed by atoms with Gasteiger partial charge in [0.1, 0.15) is 11.1 Å². The highest BCUT2D eigenvalue weighted by molar-refractivity contribution is 7.11. The normalized spacial score (nSPS) is 11.1. The van der Waals surface area contributed by atoms with E-state index < -0.39 is 0 Å². The summed E-state index contributed by atoms with van der Waals surface area (Å²) in [4.78, 5) is 4.64. The molecule has 0 fully saturated rings. The second-order valence-electron chi connectivity index (χ2n) is 6.06. The van der Waals surface area contributed by atoms with Gasteiger partial charge in [-0.25, -0.2) is 4.98 Å². The molecule has 0 amide bonds. The predicted octanol–water partition coefficient (Wildman–Crippen LogP) is 6.54. The molecule has 0 saturated carbocycles. The monoisotopic (exact) mass is 364 g/mol. The number of nitriles is 1. The van der Waals surface area contributed by atoms with Crippen LogP contribution >= 0.6 is 11.3 Å². The summed E-state index contributed by atoms with van der Waals surface area (Å²) in [7, 11) is 0. The Morgan fingerprint density at radius 1 is 0.778 bits per heavy atom. The summed E-state index contributed by atoms with van der Waals surface area (Å²) in [5.74, 6) is 0. The number of hydrogen-bond acceptors (Lipinski definition) is 3. The van der Waals surface area contributed by atoms with E-state index in [9.17, 15) is 5.26 Å². The number of allylic oxidation sites excluding steroid dienone is 1. The highest BCUT2D eigenvalue weighted by atomic mass is 32.1. The minimum atomic E-state index is 0.578. The van der Waals surface area contributed by atoms with E-state index in [1.165, 1.54) is 16.9 Å². The quantitative estimate of drug-likeness (QED) is 0.385. The molecule has 1 aromatic heterocycles. The molecule has 0 aliphatic carbocycles. The molecule has 0 N–H and O–H groups in total. The molecular formula is C24H16N2S. The standard InChI is InChI=1S/C24H16N2S/c25-16-22(24-26-23(17-27-24)21-9-5-2-6-10-21)15-18-11-13-20(14-12-18)19-7-3-1-4-8-19/h1-15,17H/b22-15-. The first-order valence-electron chi connectivity index (χ1n) is 8.62. The Balaban J connectivity index is 1.61. The van der Waals surface area contributed by atoms with Crippen LogP contribution < -0.4 is 0 Å². The van der Waals surface area contributed by atoms with Crippen LogP contribution in [0.25, 0.3) is 34.0 Å². The Morgan fingerprint density at radius 2 is 1.37 bits per heavy atom. The van der Waals surface area contributed by atoms with Crippen molar-refractivity contribution in [3.8, 4) is 28.5 Å². The zero-order chi connectivity index (χ0) is 18.5. The van der Waals surface area contributed by atoms with Crippen LogP contribution in [0.3, 0.4) is 0 Å². The summed E-state index contributed by atoms with van der Waals surface area (Å²) in [5.41, 5.74) is 5.87. The van der Waals surface area contributed by atoms with E-state index in [0.29, 0.717) is 5.57 Å². The molecule has 2 nitrogen and oxygen atoms in total. The van der Waals surface area contributed by atoms with Crippen molar-refractivity contribution >= 4 is 23.0 Å². The fourth-order valence-corrected chi connectivity index (χ4v) is 3.64. The molecule has 0 radical (unpaired) electrons. The second kappa shape index (κ2) is 7.82. The van der Waals surface area contributed by atoms with E-state index >= 15 is 0 Å². The molecule has 0 saturated heterocycles. The number of hydrogen-bond donors (Lipinski definition) is 0. The molecule has 1 heterocycles. The Labute approximate surface area is 162 Å². The average molecular weight is 364 g/mol. The van der Waals surface area contributed by atoms with Crippen molar-refractivity contribution in [3.63, 3.8) is 0 Å². The topological polar surface area (TPSA) is 36.7 Å². The zero-order valence-electron chi connectivity index (χ0n) is 14.5. The SMILES string of the molecule is N#C/C(=C/c1ccc(-c2ccccc2)cc1)c1nc(-c2ccccc2)cs1. The maximum Gasteiger partial charge on any atom is 0.134 e. The third-order valence-electron chi connectivity index (χ3n) is 4.25. The van der Waals surface area contributed by atoms with Gasteiger partial charge in [0.05, 0.1) is 11.3 Å². The molecule has 4 rings (SSSR count). The Morgan fingerprint density at radius 3 is 2.00 bits per heavy atom. The van der Waals surface area contributed by atoms with Crippen LogP contribution in [0.2, 0.25) is 0 Å². The van der Waals surface area contributed by atoms with Crippen LogP contribution in [0.15, 0.2) is 90.3 Å². The number of aromatic nitrogens is 1. The summed E-state index contributed by atoms with van der Waals surface area (Å²) in [6.45, 7) is 0. The molecule has 4 aromatic rings. The summed E-state index contributed by atoms with van der Waals surface area (Å²) >= 11 is 1.49. The fraction of sp³-hybridized carbons (Fsp3) is 0. The summed E-state index contributed by atoms with van der Waals surface area (Å²) < 4.78 is 0. The van der Waals surface area contributed by atoms with Gasteiger partial charge in [0.15, 0.2) is 0 Å². The predicted molar refractivity (Wildman–Crippen MR) is 113 cm³/mol. The Kier molecular flexibility index (Phi) is 4.91. The van der Waals surface area contributed by atoms with Gasteiger partial charge in [0, 0.05) is 10.9 Å². The average Bonchev–Trinajstić information content (AvgIpc) is 3.24. The van der Waals surface area contributed by atoms with E-state index in [0.717, 1.165) is 27.4 Å². The summed E-state index contributed by atoms with van der Waals surface area (Å²) in [6, 6.07) is 30.8. The molecule has 0 spiro atoms. The summed E-state index contributed by atoms with van der Waals surface area (Å²) in [6.07, 6.45) is 1.89. The molecule has 0 unspecified atom stereocenters. The van der Waals surface area contributed by atoms with Gasteiger partial charge in [-0.3, -0.25) is 0 Å². The van der Waals surface area contributed by atoms with Crippen molar-refractivity contribution in [1.82, 2.24) is 4.98 Å². The van der Waals surface area contributed by atoms with Gasteiger partial charge in [0.2, 0.25) is 0 Å². The molecule has 3 heteroatoms. The maximum atomic E-state index is 9.60. The van der Waals surface area contributed by atoms with Gasteiger partial charge >= 0.3 is 0 Å². The molecule has 3 aromatic carbocycles. The smallest absolute Gasteiger partial charge is 0.134 e. The van der Waals surface area contributed by atoms with Crippen LogP contribution in [-0.4, -0.2) is 4.98 Å². The third-order valence-corrected chi connectivity index (χ3v) is 5.13. The van der Waals surface area contributed by atoms with Gasteiger partial charge in [-0.2, -0.15) is 5.26 Å². The maximum absolute atomic E-state index is 9.60. The third kappa shape index (κ3) is 3.87. The lowest BCUT2D eigenvalue weighted by molar-refractivity contribution is 1.37. The van der Waals surface area contributed by atoms with Crippen molar-refractivity contribution in [2.24, 2.45) is 0 Å². The number of thiazole rings is 1. The lowest BCUT2D eigenvalue weighted by Crippen LogP contribution is -1.83. The van der Waals surface area contributed by atoms with E-state index in [4.69, 9.17) is 0 Å². The highest BCUT2D eigenvalue weighted by Gasteiger charge is 2.09. The molecule has 128 valence electrons. The molecule has 27 heavy (non-hydrogen) atoms. The highest BCUT2D eigenvalue weighted by Crippen LogP contribution is 2.27. The number of nitrogens with zero attached hydrogens (tertiary/aromatic N) is 2. The Hall–Kier alpha value is -3.48. The first-order chi connectivity index (χ1) is 13.3. The first-order valence-corrected chi connectivity index (χ1v) is 9.50. The van der Waals surface area contributed by atoms with Gasteiger partial charge in [-0.05, 0) is 22.8 Å². The van der Waals surface area contributed by atoms with Gasteiger partial charge in [-0.1, -0.05) is 84.9 Å². The lowest BCUT2D eigenvalue weighted by atomic mass is 10.0. The van der Waals surface area contributed by atoms with Crippen LogP contribution in [0.1, 0.15) is 10.6 Å². The number of rotatable bonds is 4. The minimum Gasteiger partial charge on any atom is -0.235 e. The molecule has 0 aliphatic rings. The summed E-state index contributed by atoms with van der Waals surface area (Å²) in [5, 5.41) is 12.3. The van der Waals surface area contributed by atoms with Gasteiger partial charge < -0.3 is 0 Å². The van der Waals surface area contributed by atoms with Crippen LogP contribution in [-0.2, 0) is 0 Å². The minimum absolute atomic E-state index is 0.578. The second-order valence-corrected chi connectivity index (χ2v) is 6.92. The van der Waals surface area contributed by atoms with Crippen molar-refractivity contribution in [2.45, 2.75) is 0 Å². The molecule has 0 aliphatic heterocycles. The molecule has 0 atom stereocenters. The lowest BCUT2D eigenvalue weighted by Gasteiger charge is -2.02. The zero-order valence-corrected chi connectivity index (χ0v) is 15.4.